The molecular formula is C15H23N3O. The number of imidazole rings is 1. The number of rotatable bonds is 6. The number of aromatic nitrogens is 2. The molecule has 2 rings (SSSR count). The Morgan fingerprint density at radius 3 is 2.95 bits per heavy atom. The molecule has 104 valence electrons. The van der Waals surface area contributed by atoms with E-state index in [0.717, 1.165) is 24.2 Å². The summed E-state index contributed by atoms with van der Waals surface area (Å²) in [6.07, 6.45) is 5.95. The van der Waals surface area contributed by atoms with Crippen molar-refractivity contribution in [2.24, 2.45) is 0 Å². The van der Waals surface area contributed by atoms with E-state index in [1.807, 2.05) is 12.4 Å². The molecule has 2 N–H and O–H groups in total. The molecule has 4 heteroatoms. The number of fused-ring (bicyclic) bond motifs is 1. The van der Waals surface area contributed by atoms with Gasteiger partial charge in [0.1, 0.15) is 5.65 Å². The van der Waals surface area contributed by atoms with Gasteiger partial charge >= 0.3 is 0 Å². The highest BCUT2D eigenvalue weighted by Crippen LogP contribution is 2.14. The van der Waals surface area contributed by atoms with Gasteiger partial charge in [-0.15, -0.1) is 0 Å². The van der Waals surface area contributed by atoms with E-state index >= 15 is 0 Å². The Morgan fingerprint density at radius 2 is 2.26 bits per heavy atom. The SMILES string of the molecule is CCC[C@](C)(CO)NCc1cnc2cc(C)ccn12. The molecule has 0 spiro atoms. The van der Waals surface area contributed by atoms with Crippen LogP contribution in [0.4, 0.5) is 0 Å². The number of hydrogen-bond donors (Lipinski definition) is 2. The quantitative estimate of drug-likeness (QED) is 0.838. The van der Waals surface area contributed by atoms with Crippen LogP contribution in [0.15, 0.2) is 24.5 Å². The first-order valence-electron chi connectivity index (χ1n) is 6.86. The summed E-state index contributed by atoms with van der Waals surface area (Å²) in [4.78, 5) is 4.41. The van der Waals surface area contributed by atoms with Crippen LogP contribution >= 0.6 is 0 Å². The lowest BCUT2D eigenvalue weighted by Crippen LogP contribution is -2.45. The van der Waals surface area contributed by atoms with E-state index in [2.05, 4.69) is 47.6 Å². The van der Waals surface area contributed by atoms with Crippen LogP contribution < -0.4 is 5.32 Å². The van der Waals surface area contributed by atoms with Crippen LogP contribution in [0.5, 0.6) is 0 Å². The molecule has 0 saturated heterocycles. The normalized spacial score (nSPS) is 14.7. The number of aliphatic hydroxyl groups excluding tert-OH is 1. The zero-order valence-electron chi connectivity index (χ0n) is 12.0. The highest BCUT2D eigenvalue weighted by Gasteiger charge is 2.21. The molecule has 0 fully saturated rings. The summed E-state index contributed by atoms with van der Waals surface area (Å²) in [6.45, 7) is 7.12. The second kappa shape index (κ2) is 5.72. The van der Waals surface area contributed by atoms with E-state index in [-0.39, 0.29) is 12.1 Å². The first-order valence-corrected chi connectivity index (χ1v) is 6.86. The van der Waals surface area contributed by atoms with Gasteiger partial charge in [0.25, 0.3) is 0 Å². The predicted octanol–water partition coefficient (Wildman–Crippen LogP) is 2.28. The van der Waals surface area contributed by atoms with Crippen molar-refractivity contribution in [3.63, 3.8) is 0 Å². The minimum atomic E-state index is -0.219. The fourth-order valence-corrected chi connectivity index (χ4v) is 2.34. The Hall–Kier alpha value is -1.39. The van der Waals surface area contributed by atoms with Crippen LogP contribution in [-0.2, 0) is 6.54 Å². The Labute approximate surface area is 114 Å². The van der Waals surface area contributed by atoms with Gasteiger partial charge in [0.2, 0.25) is 0 Å². The topological polar surface area (TPSA) is 49.6 Å². The lowest BCUT2D eigenvalue weighted by atomic mass is 9.97. The summed E-state index contributed by atoms with van der Waals surface area (Å²) < 4.78 is 2.09. The fourth-order valence-electron chi connectivity index (χ4n) is 2.34. The lowest BCUT2D eigenvalue weighted by molar-refractivity contribution is 0.163. The van der Waals surface area contributed by atoms with Gasteiger partial charge in [-0.25, -0.2) is 4.98 Å². The monoisotopic (exact) mass is 261 g/mol. The zero-order valence-corrected chi connectivity index (χ0v) is 12.0. The average molecular weight is 261 g/mol. The van der Waals surface area contributed by atoms with Crippen LogP contribution in [0.25, 0.3) is 5.65 Å². The highest BCUT2D eigenvalue weighted by molar-refractivity contribution is 5.42. The molecule has 0 aromatic carbocycles. The van der Waals surface area contributed by atoms with Crippen molar-refractivity contribution in [1.29, 1.82) is 0 Å². The van der Waals surface area contributed by atoms with Gasteiger partial charge in [-0.2, -0.15) is 0 Å². The maximum absolute atomic E-state index is 9.51. The molecule has 1 atom stereocenters. The van der Waals surface area contributed by atoms with Crippen LogP contribution in [0.1, 0.15) is 37.9 Å². The number of nitrogens with one attached hydrogen (secondary N) is 1. The molecule has 2 heterocycles. The maximum atomic E-state index is 9.51. The van der Waals surface area contributed by atoms with Gasteiger partial charge in [-0.1, -0.05) is 13.3 Å². The van der Waals surface area contributed by atoms with E-state index in [4.69, 9.17) is 0 Å². The van der Waals surface area contributed by atoms with Crippen LogP contribution in [0, 0.1) is 6.92 Å². The van der Waals surface area contributed by atoms with E-state index in [9.17, 15) is 5.11 Å². The summed E-state index contributed by atoms with van der Waals surface area (Å²) in [5, 5.41) is 13.0. The minimum Gasteiger partial charge on any atom is -0.394 e. The van der Waals surface area contributed by atoms with Crippen LogP contribution in [-0.4, -0.2) is 26.6 Å². The van der Waals surface area contributed by atoms with Crippen molar-refractivity contribution in [2.45, 2.75) is 45.7 Å². The van der Waals surface area contributed by atoms with Crippen molar-refractivity contribution in [1.82, 2.24) is 14.7 Å². The molecule has 0 aliphatic carbocycles. The maximum Gasteiger partial charge on any atom is 0.137 e. The van der Waals surface area contributed by atoms with Gasteiger partial charge in [-0.3, -0.25) is 0 Å². The molecule has 2 aromatic heterocycles. The molecule has 0 unspecified atom stereocenters. The molecule has 0 radical (unpaired) electrons. The number of hydrogen-bond acceptors (Lipinski definition) is 3. The number of aryl methyl sites for hydroxylation is 1. The van der Waals surface area contributed by atoms with Crippen molar-refractivity contribution >= 4 is 5.65 Å². The summed E-state index contributed by atoms with van der Waals surface area (Å²) >= 11 is 0. The summed E-state index contributed by atoms with van der Waals surface area (Å²) in [5.74, 6) is 0. The lowest BCUT2D eigenvalue weighted by Gasteiger charge is -2.28. The van der Waals surface area contributed by atoms with Gasteiger partial charge in [0.15, 0.2) is 0 Å². The van der Waals surface area contributed by atoms with Gasteiger partial charge in [0, 0.05) is 18.3 Å². The second-order valence-corrected chi connectivity index (χ2v) is 5.50. The number of aliphatic hydroxyl groups is 1. The van der Waals surface area contributed by atoms with Crippen LogP contribution in [0.3, 0.4) is 0 Å². The molecule has 0 bridgehead atoms. The Morgan fingerprint density at radius 1 is 1.47 bits per heavy atom. The fraction of sp³-hybridized carbons (Fsp3) is 0.533. The van der Waals surface area contributed by atoms with Crippen molar-refractivity contribution in [3.8, 4) is 0 Å². The molecule has 0 amide bonds. The predicted molar refractivity (Wildman–Crippen MR) is 77.2 cm³/mol. The standard InChI is InChI=1S/C15H23N3O/c1-4-6-15(3,11-19)17-10-13-9-16-14-8-12(2)5-7-18(13)14/h5,7-9,17,19H,4,6,10-11H2,1-3H3/t15-/m1/s1. The first-order chi connectivity index (χ1) is 9.08. The molecule has 4 nitrogen and oxygen atoms in total. The van der Waals surface area contributed by atoms with E-state index in [1.165, 1.54) is 5.56 Å². The second-order valence-electron chi connectivity index (χ2n) is 5.50. The Balaban J connectivity index is 2.13. The Kier molecular flexibility index (Phi) is 4.22. The third-order valence-corrected chi connectivity index (χ3v) is 3.59. The van der Waals surface area contributed by atoms with E-state index < -0.39 is 0 Å². The highest BCUT2D eigenvalue weighted by atomic mass is 16.3. The van der Waals surface area contributed by atoms with Gasteiger partial charge < -0.3 is 14.8 Å². The molecule has 0 aliphatic heterocycles. The van der Waals surface area contributed by atoms with Crippen molar-refractivity contribution < 1.29 is 5.11 Å². The van der Waals surface area contributed by atoms with E-state index in [0.29, 0.717) is 6.54 Å². The molecule has 0 saturated carbocycles. The van der Waals surface area contributed by atoms with Crippen molar-refractivity contribution in [2.75, 3.05) is 6.61 Å². The molecular weight excluding hydrogens is 238 g/mol. The summed E-state index contributed by atoms with van der Waals surface area (Å²) in [7, 11) is 0. The zero-order chi connectivity index (χ0) is 13.9. The van der Waals surface area contributed by atoms with Crippen molar-refractivity contribution in [3.05, 3.63) is 35.8 Å². The summed E-state index contributed by atoms with van der Waals surface area (Å²) in [6, 6.07) is 4.15. The average Bonchev–Trinajstić information content (AvgIpc) is 2.79. The third-order valence-electron chi connectivity index (χ3n) is 3.59. The molecule has 2 aromatic rings. The van der Waals surface area contributed by atoms with Gasteiger partial charge in [0.05, 0.1) is 18.5 Å². The molecule has 19 heavy (non-hydrogen) atoms. The molecule has 0 aliphatic rings. The largest absolute Gasteiger partial charge is 0.394 e. The van der Waals surface area contributed by atoms with E-state index in [1.54, 1.807) is 0 Å². The number of pyridine rings is 1. The number of nitrogens with zero attached hydrogens (tertiary/aromatic N) is 2. The third kappa shape index (κ3) is 3.14. The summed E-state index contributed by atoms with van der Waals surface area (Å²) in [5.41, 5.74) is 3.08. The Bertz CT molecular complexity index is 549. The minimum absolute atomic E-state index is 0.149. The van der Waals surface area contributed by atoms with Crippen LogP contribution in [0.2, 0.25) is 0 Å². The first kappa shape index (κ1) is 14.0. The van der Waals surface area contributed by atoms with Gasteiger partial charge in [-0.05, 0) is 38.0 Å². The smallest absolute Gasteiger partial charge is 0.137 e.